The zero-order chi connectivity index (χ0) is 9.80. The van der Waals surface area contributed by atoms with E-state index in [1.807, 2.05) is 6.26 Å². The quantitative estimate of drug-likeness (QED) is 0.662. The van der Waals surface area contributed by atoms with Gasteiger partial charge in [0, 0.05) is 0 Å². The highest BCUT2D eigenvalue weighted by molar-refractivity contribution is 5.32. The van der Waals surface area contributed by atoms with Crippen LogP contribution in [0.25, 0.3) is 0 Å². The van der Waals surface area contributed by atoms with Crippen molar-refractivity contribution in [3.8, 4) is 0 Å². The summed E-state index contributed by atoms with van der Waals surface area (Å²) in [5, 5.41) is 0. The predicted octanol–water partition coefficient (Wildman–Crippen LogP) is 3.63. The van der Waals surface area contributed by atoms with Crippen molar-refractivity contribution in [2.24, 2.45) is 5.92 Å². The molecular formula is C13H19O. The van der Waals surface area contributed by atoms with Crippen molar-refractivity contribution in [3.05, 3.63) is 30.4 Å². The van der Waals surface area contributed by atoms with E-state index >= 15 is 0 Å². The molecule has 0 spiro atoms. The Balaban J connectivity index is 2.05. The van der Waals surface area contributed by atoms with E-state index < -0.39 is 0 Å². The van der Waals surface area contributed by atoms with Gasteiger partial charge in [-0.3, -0.25) is 0 Å². The Hall–Kier alpha value is -0.720. The van der Waals surface area contributed by atoms with Crippen LogP contribution in [-0.4, -0.2) is 6.61 Å². The molecular weight excluding hydrogens is 172 g/mol. The van der Waals surface area contributed by atoms with E-state index in [2.05, 4.69) is 13.0 Å². The van der Waals surface area contributed by atoms with E-state index in [0.717, 1.165) is 18.9 Å². The zero-order valence-electron chi connectivity index (χ0n) is 8.80. The van der Waals surface area contributed by atoms with Gasteiger partial charge in [0.2, 0.25) is 0 Å². The van der Waals surface area contributed by atoms with Crippen LogP contribution in [0.1, 0.15) is 38.5 Å². The summed E-state index contributed by atoms with van der Waals surface area (Å²) in [5.41, 5.74) is 3.13. The van der Waals surface area contributed by atoms with Crippen LogP contribution in [-0.2, 0) is 4.74 Å². The second-order valence-electron chi connectivity index (χ2n) is 4.26. The first kappa shape index (κ1) is 9.82. The zero-order valence-corrected chi connectivity index (χ0v) is 8.80. The Morgan fingerprint density at radius 3 is 3.29 bits per heavy atom. The third-order valence-corrected chi connectivity index (χ3v) is 3.28. The molecule has 0 N–H and O–H groups in total. The van der Waals surface area contributed by atoms with E-state index in [9.17, 15) is 0 Å². The van der Waals surface area contributed by atoms with Crippen LogP contribution in [0.3, 0.4) is 0 Å². The maximum absolute atomic E-state index is 5.34. The highest BCUT2D eigenvalue weighted by Gasteiger charge is 2.22. The van der Waals surface area contributed by atoms with Gasteiger partial charge in [0.25, 0.3) is 0 Å². The summed E-state index contributed by atoms with van der Waals surface area (Å²) in [5.74, 6) is 0.792. The molecule has 0 saturated heterocycles. The van der Waals surface area contributed by atoms with Crippen LogP contribution < -0.4 is 0 Å². The molecule has 1 aliphatic heterocycles. The molecule has 0 bridgehead atoms. The lowest BCUT2D eigenvalue weighted by molar-refractivity contribution is 0.259. The van der Waals surface area contributed by atoms with Gasteiger partial charge < -0.3 is 4.74 Å². The van der Waals surface area contributed by atoms with Crippen LogP contribution in [0.2, 0.25) is 0 Å². The molecule has 0 amide bonds. The fourth-order valence-corrected chi connectivity index (χ4v) is 2.52. The van der Waals surface area contributed by atoms with Crippen molar-refractivity contribution in [1.29, 1.82) is 0 Å². The lowest BCUT2D eigenvalue weighted by Gasteiger charge is -2.29. The summed E-state index contributed by atoms with van der Waals surface area (Å²) in [7, 11) is 0. The maximum Gasteiger partial charge on any atom is 0.109 e. The molecule has 2 aliphatic rings. The molecule has 0 aromatic carbocycles. The SMILES string of the molecule is [CH2]CCCC1CCCC2=C1C=COC2. The molecule has 0 saturated carbocycles. The van der Waals surface area contributed by atoms with Crippen molar-refractivity contribution >= 4 is 0 Å². The van der Waals surface area contributed by atoms with Crippen LogP contribution >= 0.6 is 0 Å². The van der Waals surface area contributed by atoms with E-state index in [4.69, 9.17) is 4.74 Å². The molecule has 1 aliphatic carbocycles. The van der Waals surface area contributed by atoms with Gasteiger partial charge in [-0.15, -0.1) is 0 Å². The average molecular weight is 191 g/mol. The second kappa shape index (κ2) is 4.68. The standard InChI is InChI=1S/C13H19O/c1-2-3-5-11-6-4-7-12-10-14-9-8-13(11)12/h8-9,11H,1-7,10H2. The highest BCUT2D eigenvalue weighted by Crippen LogP contribution is 2.35. The molecule has 1 heterocycles. The molecule has 0 aromatic rings. The number of ether oxygens (including phenoxy) is 1. The minimum Gasteiger partial charge on any atom is -0.497 e. The summed E-state index contributed by atoms with van der Waals surface area (Å²) < 4.78 is 5.34. The van der Waals surface area contributed by atoms with Gasteiger partial charge in [0.15, 0.2) is 0 Å². The monoisotopic (exact) mass is 191 g/mol. The Kier molecular flexibility index (Phi) is 3.28. The Morgan fingerprint density at radius 1 is 1.50 bits per heavy atom. The fraction of sp³-hybridized carbons (Fsp3) is 0.615. The number of rotatable bonds is 3. The van der Waals surface area contributed by atoms with E-state index in [-0.39, 0.29) is 0 Å². The van der Waals surface area contributed by atoms with Gasteiger partial charge in [-0.25, -0.2) is 0 Å². The minimum atomic E-state index is 0.792. The van der Waals surface area contributed by atoms with Crippen molar-refractivity contribution in [3.63, 3.8) is 0 Å². The third-order valence-electron chi connectivity index (χ3n) is 3.28. The van der Waals surface area contributed by atoms with Crippen LogP contribution in [0, 0.1) is 12.8 Å². The van der Waals surface area contributed by atoms with Crippen LogP contribution in [0.4, 0.5) is 0 Å². The Bertz CT molecular complexity index is 250. The largest absolute Gasteiger partial charge is 0.497 e. The van der Waals surface area contributed by atoms with Gasteiger partial charge in [0.1, 0.15) is 6.61 Å². The van der Waals surface area contributed by atoms with Crippen molar-refractivity contribution < 1.29 is 4.74 Å². The smallest absolute Gasteiger partial charge is 0.109 e. The molecule has 1 unspecified atom stereocenters. The normalized spacial score (nSPS) is 25.9. The summed E-state index contributed by atoms with van der Waals surface area (Å²) in [4.78, 5) is 0. The van der Waals surface area contributed by atoms with Crippen LogP contribution in [0.5, 0.6) is 0 Å². The average Bonchev–Trinajstić information content (AvgIpc) is 2.26. The highest BCUT2D eigenvalue weighted by atomic mass is 16.5. The Morgan fingerprint density at radius 2 is 2.43 bits per heavy atom. The lowest BCUT2D eigenvalue weighted by Crippen LogP contribution is -2.16. The first-order valence-corrected chi connectivity index (χ1v) is 5.71. The van der Waals surface area contributed by atoms with Crippen molar-refractivity contribution in [1.82, 2.24) is 0 Å². The molecule has 1 nitrogen and oxygen atoms in total. The maximum atomic E-state index is 5.34. The molecule has 0 fully saturated rings. The first-order valence-electron chi connectivity index (χ1n) is 5.71. The molecule has 0 aromatic heterocycles. The molecule has 1 heteroatoms. The number of hydrogen-bond donors (Lipinski definition) is 0. The van der Waals surface area contributed by atoms with Gasteiger partial charge in [-0.2, -0.15) is 0 Å². The van der Waals surface area contributed by atoms with Crippen molar-refractivity contribution in [2.45, 2.75) is 38.5 Å². The molecule has 1 radical (unpaired) electrons. The fourth-order valence-electron chi connectivity index (χ4n) is 2.52. The number of allylic oxidation sites excluding steroid dienone is 2. The van der Waals surface area contributed by atoms with Gasteiger partial charge >= 0.3 is 0 Å². The van der Waals surface area contributed by atoms with E-state index in [0.29, 0.717) is 0 Å². The summed E-state index contributed by atoms with van der Waals surface area (Å²) >= 11 is 0. The third kappa shape index (κ3) is 2.02. The number of hydrogen-bond acceptors (Lipinski definition) is 1. The first-order chi connectivity index (χ1) is 6.92. The van der Waals surface area contributed by atoms with Gasteiger partial charge in [0.05, 0.1) is 6.26 Å². The summed E-state index contributed by atoms with van der Waals surface area (Å²) in [6.45, 7) is 4.76. The minimum absolute atomic E-state index is 0.792. The number of unbranched alkanes of at least 4 members (excludes halogenated alkanes) is 1. The van der Waals surface area contributed by atoms with E-state index in [1.165, 1.54) is 32.1 Å². The second-order valence-corrected chi connectivity index (χ2v) is 4.26. The van der Waals surface area contributed by atoms with E-state index in [1.54, 1.807) is 11.1 Å². The molecule has 2 rings (SSSR count). The summed E-state index contributed by atoms with van der Waals surface area (Å²) in [6.07, 6.45) is 11.6. The van der Waals surface area contributed by atoms with Gasteiger partial charge in [-0.05, 0) is 48.8 Å². The molecule has 1 atom stereocenters. The van der Waals surface area contributed by atoms with Crippen LogP contribution in [0.15, 0.2) is 23.5 Å². The molecule has 14 heavy (non-hydrogen) atoms. The summed E-state index contributed by atoms with van der Waals surface area (Å²) in [6, 6.07) is 0. The lowest BCUT2D eigenvalue weighted by atomic mass is 9.80. The van der Waals surface area contributed by atoms with Gasteiger partial charge in [-0.1, -0.05) is 19.8 Å². The Labute approximate surface area is 86.8 Å². The molecule has 77 valence electrons. The topological polar surface area (TPSA) is 9.23 Å². The van der Waals surface area contributed by atoms with Crippen molar-refractivity contribution in [2.75, 3.05) is 6.61 Å². The predicted molar refractivity (Wildman–Crippen MR) is 58.7 cm³/mol.